The van der Waals surface area contributed by atoms with E-state index in [9.17, 15) is 10.4 Å². The molecule has 0 radical (unpaired) electrons. The van der Waals surface area contributed by atoms with Crippen molar-refractivity contribution in [2.24, 2.45) is 5.73 Å². The Balaban J connectivity index is 1.96. The average Bonchev–Trinajstić information content (AvgIpc) is 3.04. The van der Waals surface area contributed by atoms with Crippen LogP contribution in [0.5, 0.6) is 17.4 Å². The fraction of sp³-hybridized carbons (Fsp3) is 0.143. The maximum absolute atomic E-state index is 9.94. The van der Waals surface area contributed by atoms with Gasteiger partial charge in [0.2, 0.25) is 11.8 Å². The number of rotatable bonds is 3. The van der Waals surface area contributed by atoms with Crippen LogP contribution in [0.25, 0.3) is 5.69 Å². The molecule has 0 unspecified atom stereocenters. The number of nitriles is 1. The minimum absolute atomic E-state index is 0.0192. The van der Waals surface area contributed by atoms with Gasteiger partial charge < -0.3 is 20.3 Å². The van der Waals surface area contributed by atoms with Crippen LogP contribution in [0, 0.1) is 18.3 Å². The molecule has 140 valence electrons. The summed E-state index contributed by atoms with van der Waals surface area (Å²) in [7, 11) is 1.47. The van der Waals surface area contributed by atoms with E-state index in [1.165, 1.54) is 13.2 Å². The van der Waals surface area contributed by atoms with E-state index < -0.39 is 5.92 Å². The Labute approximate surface area is 161 Å². The highest BCUT2D eigenvalue weighted by atomic mass is 16.5. The molecule has 1 aliphatic heterocycles. The SMILES string of the molecule is COc1cc([C@@H]2C(C#N)=C(N)Oc3c2c(C)nn3-c2ccccc2)ccc1O. The molecule has 28 heavy (non-hydrogen) atoms. The Morgan fingerprint density at radius 3 is 2.68 bits per heavy atom. The number of aromatic nitrogens is 2. The van der Waals surface area contributed by atoms with Crippen molar-refractivity contribution in [3.05, 3.63) is 76.8 Å². The highest BCUT2D eigenvalue weighted by Gasteiger charge is 2.36. The second kappa shape index (κ2) is 6.67. The fourth-order valence-corrected chi connectivity index (χ4v) is 3.47. The molecule has 3 N–H and O–H groups in total. The Kier molecular flexibility index (Phi) is 4.17. The quantitative estimate of drug-likeness (QED) is 0.730. The van der Waals surface area contributed by atoms with Gasteiger partial charge in [0.15, 0.2) is 11.5 Å². The van der Waals surface area contributed by atoms with Crippen molar-refractivity contribution in [2.75, 3.05) is 7.11 Å². The second-order valence-corrected chi connectivity index (χ2v) is 6.41. The molecule has 7 heteroatoms. The standard InChI is InChI=1S/C21H18N4O3/c1-12-18-19(13-8-9-16(26)17(10-13)27-2)15(11-22)20(23)28-21(18)25(24-12)14-6-4-3-5-7-14/h3-10,19,26H,23H2,1-2H3/t19-/m1/s1. The number of fused-ring (bicyclic) bond motifs is 1. The van der Waals surface area contributed by atoms with Crippen molar-refractivity contribution < 1.29 is 14.6 Å². The van der Waals surface area contributed by atoms with Crippen LogP contribution >= 0.6 is 0 Å². The van der Waals surface area contributed by atoms with Crippen LogP contribution in [-0.2, 0) is 0 Å². The molecular formula is C21H18N4O3. The van der Waals surface area contributed by atoms with Gasteiger partial charge in [-0.2, -0.15) is 10.4 Å². The topological polar surface area (TPSA) is 106 Å². The first-order valence-electron chi connectivity index (χ1n) is 8.64. The van der Waals surface area contributed by atoms with Gasteiger partial charge in [-0.15, -0.1) is 0 Å². The molecule has 1 atom stereocenters. The summed E-state index contributed by atoms with van der Waals surface area (Å²) in [6.45, 7) is 1.86. The van der Waals surface area contributed by atoms with Crippen LogP contribution in [0.3, 0.4) is 0 Å². The van der Waals surface area contributed by atoms with E-state index in [0.29, 0.717) is 11.6 Å². The number of aryl methyl sites for hydroxylation is 1. The van der Waals surface area contributed by atoms with Crippen LogP contribution in [-0.4, -0.2) is 22.0 Å². The maximum Gasteiger partial charge on any atom is 0.229 e. The first-order chi connectivity index (χ1) is 13.5. The highest BCUT2D eigenvalue weighted by Crippen LogP contribution is 2.45. The molecule has 3 aromatic rings. The summed E-state index contributed by atoms with van der Waals surface area (Å²) in [6.07, 6.45) is 0. The lowest BCUT2D eigenvalue weighted by atomic mass is 9.84. The van der Waals surface area contributed by atoms with Crippen molar-refractivity contribution >= 4 is 0 Å². The third kappa shape index (κ3) is 2.63. The number of hydrogen-bond acceptors (Lipinski definition) is 6. The zero-order chi connectivity index (χ0) is 19.8. The minimum Gasteiger partial charge on any atom is -0.504 e. The number of nitrogens with zero attached hydrogens (tertiary/aromatic N) is 3. The van der Waals surface area contributed by atoms with E-state index in [0.717, 1.165) is 22.5 Å². The summed E-state index contributed by atoms with van der Waals surface area (Å²) in [4.78, 5) is 0. The van der Waals surface area contributed by atoms with E-state index >= 15 is 0 Å². The predicted octanol–water partition coefficient (Wildman–Crippen LogP) is 3.11. The van der Waals surface area contributed by atoms with Crippen molar-refractivity contribution in [1.82, 2.24) is 9.78 Å². The van der Waals surface area contributed by atoms with Gasteiger partial charge in [0, 0.05) is 0 Å². The number of aromatic hydroxyl groups is 1. The van der Waals surface area contributed by atoms with E-state index in [1.54, 1.807) is 16.8 Å². The van der Waals surface area contributed by atoms with Gasteiger partial charge in [-0.1, -0.05) is 24.3 Å². The number of nitrogens with two attached hydrogens (primary N) is 1. The number of ether oxygens (including phenoxy) is 2. The van der Waals surface area contributed by atoms with Gasteiger partial charge in [-0.25, -0.2) is 4.68 Å². The summed E-state index contributed by atoms with van der Waals surface area (Å²) in [6, 6.07) is 16.7. The molecule has 2 aromatic carbocycles. The molecule has 0 saturated carbocycles. The van der Waals surface area contributed by atoms with Gasteiger partial charge in [-0.05, 0) is 36.8 Å². The first kappa shape index (κ1) is 17.5. The first-order valence-corrected chi connectivity index (χ1v) is 8.64. The number of para-hydroxylation sites is 1. The molecule has 4 rings (SSSR count). The van der Waals surface area contributed by atoms with Crippen LogP contribution in [0.15, 0.2) is 60.0 Å². The monoisotopic (exact) mass is 374 g/mol. The van der Waals surface area contributed by atoms with Gasteiger partial charge >= 0.3 is 0 Å². The summed E-state index contributed by atoms with van der Waals surface area (Å²) in [5, 5.41) is 24.3. The number of phenols is 1. The Bertz CT molecular complexity index is 1130. The maximum atomic E-state index is 9.94. The fourth-order valence-electron chi connectivity index (χ4n) is 3.47. The molecule has 1 aliphatic rings. The molecule has 0 fully saturated rings. The van der Waals surface area contributed by atoms with E-state index in [4.69, 9.17) is 15.2 Å². The molecule has 0 bridgehead atoms. The molecule has 1 aromatic heterocycles. The molecule has 0 amide bonds. The lowest BCUT2D eigenvalue weighted by Gasteiger charge is -2.25. The van der Waals surface area contributed by atoms with Gasteiger partial charge in [0.05, 0.1) is 30.0 Å². The van der Waals surface area contributed by atoms with Crippen LogP contribution in [0.2, 0.25) is 0 Å². The number of phenolic OH excluding ortho intramolecular Hbond substituents is 1. The Morgan fingerprint density at radius 1 is 1.25 bits per heavy atom. The molecule has 0 spiro atoms. The number of allylic oxidation sites excluding steroid dienone is 1. The Hall–Kier alpha value is -3.92. The third-order valence-corrected chi connectivity index (χ3v) is 4.77. The summed E-state index contributed by atoms with van der Waals surface area (Å²) in [5.74, 6) is 0.349. The predicted molar refractivity (Wildman–Crippen MR) is 102 cm³/mol. The van der Waals surface area contributed by atoms with E-state index in [1.807, 2.05) is 37.3 Å². The lowest BCUT2D eigenvalue weighted by molar-refractivity contribution is 0.365. The van der Waals surface area contributed by atoms with Crippen molar-refractivity contribution in [1.29, 1.82) is 5.26 Å². The van der Waals surface area contributed by atoms with E-state index in [-0.39, 0.29) is 17.2 Å². The largest absolute Gasteiger partial charge is 0.504 e. The van der Waals surface area contributed by atoms with E-state index in [2.05, 4.69) is 11.2 Å². The number of benzene rings is 2. The lowest BCUT2D eigenvalue weighted by Crippen LogP contribution is -2.22. The summed E-state index contributed by atoms with van der Waals surface area (Å²) < 4.78 is 12.7. The normalized spacial score (nSPS) is 15.5. The molecule has 2 heterocycles. The second-order valence-electron chi connectivity index (χ2n) is 6.41. The number of hydrogen-bond donors (Lipinski definition) is 2. The van der Waals surface area contributed by atoms with Crippen LogP contribution < -0.4 is 15.2 Å². The van der Waals surface area contributed by atoms with Crippen molar-refractivity contribution in [3.63, 3.8) is 0 Å². The smallest absolute Gasteiger partial charge is 0.229 e. The zero-order valence-electron chi connectivity index (χ0n) is 15.4. The third-order valence-electron chi connectivity index (χ3n) is 4.77. The molecule has 7 nitrogen and oxygen atoms in total. The number of methoxy groups -OCH3 is 1. The minimum atomic E-state index is -0.485. The van der Waals surface area contributed by atoms with Gasteiger partial charge in [-0.3, -0.25) is 0 Å². The summed E-state index contributed by atoms with van der Waals surface area (Å²) in [5.41, 5.74) is 9.43. The van der Waals surface area contributed by atoms with Gasteiger partial charge in [0.1, 0.15) is 11.6 Å². The van der Waals surface area contributed by atoms with Crippen molar-refractivity contribution in [2.45, 2.75) is 12.8 Å². The molecule has 0 saturated heterocycles. The van der Waals surface area contributed by atoms with Gasteiger partial charge in [0.25, 0.3) is 0 Å². The highest BCUT2D eigenvalue weighted by molar-refractivity contribution is 5.58. The van der Waals surface area contributed by atoms with Crippen LogP contribution in [0.4, 0.5) is 0 Å². The molecular weight excluding hydrogens is 356 g/mol. The zero-order valence-corrected chi connectivity index (χ0v) is 15.4. The van der Waals surface area contributed by atoms with Crippen LogP contribution in [0.1, 0.15) is 22.7 Å². The average molecular weight is 374 g/mol. The molecule has 0 aliphatic carbocycles. The summed E-state index contributed by atoms with van der Waals surface area (Å²) >= 11 is 0. The van der Waals surface area contributed by atoms with Crippen molar-refractivity contribution in [3.8, 4) is 29.1 Å². The Morgan fingerprint density at radius 2 is 2.00 bits per heavy atom.